The third-order valence-corrected chi connectivity index (χ3v) is 4.52. The van der Waals surface area contributed by atoms with E-state index >= 15 is 0 Å². The molecule has 0 fully saturated rings. The molecule has 0 amide bonds. The second-order valence-corrected chi connectivity index (χ2v) is 5.95. The number of anilines is 1. The smallest absolute Gasteiger partial charge is 0.196 e. The van der Waals surface area contributed by atoms with Crippen molar-refractivity contribution in [1.82, 2.24) is 4.98 Å². The van der Waals surface area contributed by atoms with Crippen LogP contribution in [0, 0.1) is 0 Å². The van der Waals surface area contributed by atoms with E-state index in [1.165, 1.54) is 11.3 Å². The maximum Gasteiger partial charge on any atom is 0.196 e. The maximum absolute atomic E-state index is 11.5. The van der Waals surface area contributed by atoms with Crippen LogP contribution in [-0.4, -0.2) is 23.7 Å². The number of halogens is 2. The molecule has 0 aliphatic carbocycles. The first kappa shape index (κ1) is 15.3. The highest BCUT2D eigenvalue weighted by Gasteiger charge is 2.17. The van der Waals surface area contributed by atoms with Gasteiger partial charge in [0.2, 0.25) is 0 Å². The van der Waals surface area contributed by atoms with Crippen molar-refractivity contribution in [2.75, 3.05) is 17.8 Å². The molecule has 2 rings (SSSR count). The molecule has 6 heteroatoms. The van der Waals surface area contributed by atoms with Gasteiger partial charge in [-0.3, -0.25) is 4.79 Å². The minimum atomic E-state index is -0.155. The van der Waals surface area contributed by atoms with Gasteiger partial charge in [0.15, 0.2) is 10.9 Å². The third-order valence-electron chi connectivity index (χ3n) is 3.11. The molecular weight excluding hydrogens is 315 g/mol. The molecule has 20 heavy (non-hydrogen) atoms. The van der Waals surface area contributed by atoms with Gasteiger partial charge in [0.25, 0.3) is 0 Å². The Labute approximate surface area is 132 Å². The number of aromatic nitrogens is 1. The van der Waals surface area contributed by atoms with Crippen molar-refractivity contribution in [3.63, 3.8) is 0 Å². The minimum absolute atomic E-state index is 0.0449. The number of hydrogen-bond acceptors (Lipinski definition) is 4. The zero-order valence-electron chi connectivity index (χ0n) is 11.1. The first-order chi connectivity index (χ1) is 9.52. The second kappa shape index (κ2) is 6.57. The summed E-state index contributed by atoms with van der Waals surface area (Å²) in [5.74, 6) is -0.200. The zero-order valence-corrected chi connectivity index (χ0v) is 13.5. The van der Waals surface area contributed by atoms with E-state index < -0.39 is 0 Å². The van der Waals surface area contributed by atoms with Crippen LogP contribution in [-0.2, 0) is 0 Å². The molecular formula is C14H14Cl2N2OS. The third kappa shape index (κ3) is 3.32. The van der Waals surface area contributed by atoms with Crippen LogP contribution in [0.2, 0.25) is 5.02 Å². The first-order valence-corrected chi connectivity index (χ1v) is 7.85. The standard InChI is InChI=1S/C14H14Cl2N2OS/c1-9(10-4-3-5-11(16)6-10)18(2)14-17-12(8-20-14)13(19)7-15/h3-6,8-9H,7H2,1-2H3. The van der Waals surface area contributed by atoms with Crippen LogP contribution in [0.3, 0.4) is 0 Å². The molecule has 1 aromatic heterocycles. The van der Waals surface area contributed by atoms with E-state index in [9.17, 15) is 4.79 Å². The number of thiazole rings is 1. The molecule has 0 radical (unpaired) electrons. The van der Waals surface area contributed by atoms with Crippen molar-refractivity contribution in [2.45, 2.75) is 13.0 Å². The summed E-state index contributed by atoms with van der Waals surface area (Å²) >= 11 is 13.0. The Morgan fingerprint density at radius 3 is 2.90 bits per heavy atom. The summed E-state index contributed by atoms with van der Waals surface area (Å²) in [6, 6.07) is 7.83. The predicted octanol–water partition coefficient (Wildman–Crippen LogP) is 4.42. The monoisotopic (exact) mass is 328 g/mol. The maximum atomic E-state index is 11.5. The molecule has 0 N–H and O–H groups in total. The number of nitrogens with zero attached hydrogens (tertiary/aromatic N) is 2. The van der Waals surface area contributed by atoms with Crippen molar-refractivity contribution < 1.29 is 4.79 Å². The van der Waals surface area contributed by atoms with E-state index in [1.54, 1.807) is 5.38 Å². The fraction of sp³-hybridized carbons (Fsp3) is 0.286. The number of benzene rings is 1. The van der Waals surface area contributed by atoms with Crippen LogP contribution in [0.1, 0.15) is 29.0 Å². The lowest BCUT2D eigenvalue weighted by atomic mass is 10.1. The summed E-state index contributed by atoms with van der Waals surface area (Å²) in [4.78, 5) is 17.9. The SMILES string of the molecule is CC(c1cccc(Cl)c1)N(C)c1nc(C(=O)CCl)cs1. The number of rotatable bonds is 5. The number of carbonyl (C=O) groups excluding carboxylic acids is 1. The molecule has 106 valence electrons. The van der Waals surface area contributed by atoms with E-state index in [1.807, 2.05) is 36.2 Å². The van der Waals surface area contributed by atoms with Crippen LogP contribution < -0.4 is 4.90 Å². The van der Waals surface area contributed by atoms with Gasteiger partial charge in [-0.1, -0.05) is 23.7 Å². The Bertz CT molecular complexity index is 615. The van der Waals surface area contributed by atoms with Gasteiger partial charge in [0, 0.05) is 17.5 Å². The predicted molar refractivity (Wildman–Crippen MR) is 85.4 cm³/mol. The van der Waals surface area contributed by atoms with E-state index in [4.69, 9.17) is 23.2 Å². The van der Waals surface area contributed by atoms with Gasteiger partial charge in [0.05, 0.1) is 11.9 Å². The van der Waals surface area contributed by atoms with E-state index in [-0.39, 0.29) is 17.7 Å². The van der Waals surface area contributed by atoms with Crippen molar-refractivity contribution >= 4 is 45.5 Å². The highest BCUT2D eigenvalue weighted by molar-refractivity contribution is 7.14. The summed E-state index contributed by atoms with van der Waals surface area (Å²) < 4.78 is 0. The van der Waals surface area contributed by atoms with Gasteiger partial charge in [0.1, 0.15) is 5.69 Å². The summed E-state index contributed by atoms with van der Waals surface area (Å²) in [5.41, 5.74) is 1.52. The number of Topliss-reactive ketones (excluding diaryl/α,β-unsaturated/α-hetero) is 1. The summed E-state index contributed by atoms with van der Waals surface area (Å²) in [6.45, 7) is 2.07. The van der Waals surface area contributed by atoms with Crippen molar-refractivity contribution in [3.05, 3.63) is 45.9 Å². The summed E-state index contributed by atoms with van der Waals surface area (Å²) in [5, 5.41) is 3.23. The van der Waals surface area contributed by atoms with E-state index in [0.717, 1.165) is 10.7 Å². The molecule has 0 aliphatic heterocycles. The average Bonchev–Trinajstić information content (AvgIpc) is 2.94. The fourth-order valence-corrected chi connectivity index (χ4v) is 2.99. The van der Waals surface area contributed by atoms with Gasteiger partial charge in [-0.2, -0.15) is 0 Å². The Hall–Kier alpha value is -1.10. The van der Waals surface area contributed by atoms with Crippen LogP contribution in [0.25, 0.3) is 0 Å². The largest absolute Gasteiger partial charge is 0.344 e. The lowest BCUT2D eigenvalue weighted by molar-refractivity contribution is 0.101. The molecule has 0 bridgehead atoms. The average molecular weight is 329 g/mol. The molecule has 3 nitrogen and oxygen atoms in total. The van der Waals surface area contributed by atoms with Gasteiger partial charge in [-0.15, -0.1) is 22.9 Å². The topological polar surface area (TPSA) is 33.2 Å². The van der Waals surface area contributed by atoms with Gasteiger partial charge >= 0.3 is 0 Å². The van der Waals surface area contributed by atoms with Gasteiger partial charge in [-0.05, 0) is 24.6 Å². The lowest BCUT2D eigenvalue weighted by Crippen LogP contribution is -2.21. The number of ketones is 1. The first-order valence-electron chi connectivity index (χ1n) is 6.06. The quantitative estimate of drug-likeness (QED) is 0.601. The Balaban J connectivity index is 2.20. The van der Waals surface area contributed by atoms with Crippen LogP contribution in [0.4, 0.5) is 5.13 Å². The number of alkyl halides is 1. The normalized spacial score (nSPS) is 12.2. The van der Waals surface area contributed by atoms with E-state index in [2.05, 4.69) is 11.9 Å². The molecule has 0 saturated heterocycles. The fourth-order valence-electron chi connectivity index (χ4n) is 1.78. The molecule has 1 unspecified atom stereocenters. The summed E-state index contributed by atoms with van der Waals surface area (Å²) in [7, 11) is 1.94. The van der Waals surface area contributed by atoms with Crippen LogP contribution in [0.15, 0.2) is 29.6 Å². The Morgan fingerprint density at radius 1 is 1.50 bits per heavy atom. The Kier molecular flexibility index (Phi) is 5.02. The van der Waals surface area contributed by atoms with Crippen molar-refractivity contribution in [3.8, 4) is 0 Å². The van der Waals surface area contributed by atoms with Crippen LogP contribution >= 0.6 is 34.5 Å². The number of carbonyl (C=O) groups is 1. The van der Waals surface area contributed by atoms with Crippen molar-refractivity contribution in [1.29, 1.82) is 0 Å². The minimum Gasteiger partial charge on any atom is -0.344 e. The van der Waals surface area contributed by atoms with Crippen LogP contribution in [0.5, 0.6) is 0 Å². The Morgan fingerprint density at radius 2 is 2.25 bits per heavy atom. The molecule has 1 heterocycles. The van der Waals surface area contributed by atoms with Gasteiger partial charge < -0.3 is 4.90 Å². The number of hydrogen-bond donors (Lipinski definition) is 0. The second-order valence-electron chi connectivity index (χ2n) is 4.41. The summed E-state index contributed by atoms with van der Waals surface area (Å²) in [6.07, 6.45) is 0. The molecule has 0 aliphatic rings. The molecule has 1 aromatic carbocycles. The molecule has 0 saturated carbocycles. The zero-order chi connectivity index (χ0) is 14.7. The lowest BCUT2D eigenvalue weighted by Gasteiger charge is -2.24. The van der Waals surface area contributed by atoms with Gasteiger partial charge in [-0.25, -0.2) is 4.98 Å². The highest BCUT2D eigenvalue weighted by Crippen LogP contribution is 2.29. The highest BCUT2D eigenvalue weighted by atomic mass is 35.5. The molecule has 0 spiro atoms. The molecule has 2 aromatic rings. The van der Waals surface area contributed by atoms with E-state index in [0.29, 0.717) is 10.7 Å². The van der Waals surface area contributed by atoms with Crippen molar-refractivity contribution in [2.24, 2.45) is 0 Å². The molecule has 1 atom stereocenters.